The maximum Gasteiger partial charge on any atom is 0.407 e. The van der Waals surface area contributed by atoms with E-state index < -0.39 is 6.09 Å². The van der Waals surface area contributed by atoms with Crippen LogP contribution >= 0.6 is 11.3 Å². The Hall–Kier alpha value is -1.10. The number of aryl methyl sites for hydroxylation is 1. The maximum absolute atomic E-state index is 10.9. The van der Waals surface area contributed by atoms with Crippen LogP contribution < -0.4 is 0 Å². The summed E-state index contributed by atoms with van der Waals surface area (Å²) in [5, 5.41) is 11.9. The van der Waals surface area contributed by atoms with Gasteiger partial charge in [-0.3, -0.25) is 4.90 Å². The summed E-state index contributed by atoms with van der Waals surface area (Å²) in [5.74, 6) is 0. The first-order valence-corrected chi connectivity index (χ1v) is 5.48. The SMILES string of the molecule is Cc1csc(C2CCCN2C(=O)O)n1. The molecule has 1 saturated heterocycles. The zero-order chi connectivity index (χ0) is 10.1. The van der Waals surface area contributed by atoms with E-state index in [1.807, 2.05) is 12.3 Å². The smallest absolute Gasteiger partial charge is 0.407 e. The van der Waals surface area contributed by atoms with Gasteiger partial charge in [-0.1, -0.05) is 0 Å². The van der Waals surface area contributed by atoms with Crippen LogP contribution in [0.15, 0.2) is 5.38 Å². The summed E-state index contributed by atoms with van der Waals surface area (Å²) in [7, 11) is 0. The molecular weight excluding hydrogens is 200 g/mol. The van der Waals surface area contributed by atoms with Crippen molar-refractivity contribution in [1.29, 1.82) is 0 Å². The van der Waals surface area contributed by atoms with Crippen LogP contribution in [0.2, 0.25) is 0 Å². The van der Waals surface area contributed by atoms with Crippen molar-refractivity contribution in [2.24, 2.45) is 0 Å². The Labute approximate surface area is 86.2 Å². The largest absolute Gasteiger partial charge is 0.465 e. The molecule has 1 amide bonds. The lowest BCUT2D eigenvalue weighted by Gasteiger charge is -2.18. The van der Waals surface area contributed by atoms with Crippen LogP contribution in [0, 0.1) is 6.92 Å². The van der Waals surface area contributed by atoms with Crippen molar-refractivity contribution >= 4 is 17.4 Å². The van der Waals surface area contributed by atoms with Crippen LogP contribution in [0.1, 0.15) is 29.6 Å². The maximum atomic E-state index is 10.9. The summed E-state index contributed by atoms with van der Waals surface area (Å²) < 4.78 is 0. The molecule has 0 spiro atoms. The van der Waals surface area contributed by atoms with E-state index in [0.29, 0.717) is 6.54 Å². The fraction of sp³-hybridized carbons (Fsp3) is 0.556. The highest BCUT2D eigenvalue weighted by Crippen LogP contribution is 2.33. The number of hydrogen-bond acceptors (Lipinski definition) is 3. The van der Waals surface area contributed by atoms with Crippen LogP contribution in [-0.2, 0) is 0 Å². The Morgan fingerprint density at radius 2 is 2.57 bits per heavy atom. The van der Waals surface area contributed by atoms with E-state index in [0.717, 1.165) is 23.5 Å². The summed E-state index contributed by atoms with van der Waals surface area (Å²) in [6, 6.07) is -0.00815. The number of amides is 1. The third-order valence-electron chi connectivity index (χ3n) is 2.42. The van der Waals surface area contributed by atoms with Gasteiger partial charge in [-0.05, 0) is 19.8 Å². The number of likely N-dealkylation sites (tertiary alicyclic amines) is 1. The van der Waals surface area contributed by atoms with E-state index in [-0.39, 0.29) is 6.04 Å². The monoisotopic (exact) mass is 212 g/mol. The number of aromatic nitrogens is 1. The van der Waals surface area contributed by atoms with Crippen molar-refractivity contribution < 1.29 is 9.90 Å². The van der Waals surface area contributed by atoms with Crippen LogP contribution in [0.4, 0.5) is 4.79 Å². The van der Waals surface area contributed by atoms with Gasteiger partial charge in [0.1, 0.15) is 5.01 Å². The van der Waals surface area contributed by atoms with Gasteiger partial charge in [0.05, 0.1) is 6.04 Å². The van der Waals surface area contributed by atoms with Gasteiger partial charge in [-0.2, -0.15) is 0 Å². The molecule has 0 bridgehead atoms. The molecule has 0 radical (unpaired) electrons. The molecule has 5 heteroatoms. The minimum atomic E-state index is -0.833. The molecule has 1 N–H and O–H groups in total. The Morgan fingerprint density at radius 3 is 3.14 bits per heavy atom. The molecule has 1 fully saturated rings. The van der Waals surface area contributed by atoms with Gasteiger partial charge >= 0.3 is 6.09 Å². The Morgan fingerprint density at radius 1 is 1.79 bits per heavy atom. The highest BCUT2D eigenvalue weighted by Gasteiger charge is 2.31. The van der Waals surface area contributed by atoms with Gasteiger partial charge in [0.25, 0.3) is 0 Å². The standard InChI is InChI=1S/C9H12N2O2S/c1-6-5-14-8(10-6)7-3-2-4-11(7)9(12)13/h5,7H,2-4H2,1H3,(H,12,13). The number of thiazole rings is 1. The highest BCUT2D eigenvalue weighted by atomic mass is 32.1. The zero-order valence-corrected chi connectivity index (χ0v) is 8.75. The predicted octanol–water partition coefficient (Wildman–Crippen LogP) is 2.27. The zero-order valence-electron chi connectivity index (χ0n) is 7.93. The summed E-state index contributed by atoms with van der Waals surface area (Å²) >= 11 is 1.55. The normalized spacial score (nSPS) is 21.5. The second-order valence-electron chi connectivity index (χ2n) is 3.46. The lowest BCUT2D eigenvalue weighted by Crippen LogP contribution is -2.28. The molecule has 0 aromatic carbocycles. The molecule has 2 rings (SSSR count). The molecule has 1 aliphatic rings. The average molecular weight is 212 g/mol. The molecule has 1 atom stereocenters. The summed E-state index contributed by atoms with van der Waals surface area (Å²) in [6.07, 6.45) is 1.01. The lowest BCUT2D eigenvalue weighted by molar-refractivity contribution is 0.140. The molecule has 1 unspecified atom stereocenters. The fourth-order valence-corrected chi connectivity index (χ4v) is 2.72. The van der Waals surface area contributed by atoms with Gasteiger partial charge in [-0.25, -0.2) is 9.78 Å². The first kappa shape index (κ1) is 9.45. The summed E-state index contributed by atoms with van der Waals surface area (Å²) in [4.78, 5) is 16.7. The first-order valence-electron chi connectivity index (χ1n) is 4.60. The molecule has 0 saturated carbocycles. The van der Waals surface area contributed by atoms with Crippen LogP contribution in [-0.4, -0.2) is 27.6 Å². The van der Waals surface area contributed by atoms with E-state index in [1.165, 1.54) is 4.90 Å². The van der Waals surface area contributed by atoms with Gasteiger partial charge in [0, 0.05) is 17.6 Å². The second kappa shape index (κ2) is 3.57. The van der Waals surface area contributed by atoms with Crippen molar-refractivity contribution in [3.63, 3.8) is 0 Å². The first-order chi connectivity index (χ1) is 6.68. The quantitative estimate of drug-likeness (QED) is 0.776. The minimum absolute atomic E-state index is 0.00815. The topological polar surface area (TPSA) is 53.4 Å². The van der Waals surface area contributed by atoms with Crippen molar-refractivity contribution in [3.05, 3.63) is 16.1 Å². The van der Waals surface area contributed by atoms with Gasteiger partial charge in [0.2, 0.25) is 0 Å². The Kier molecular flexibility index (Phi) is 2.41. The van der Waals surface area contributed by atoms with Crippen molar-refractivity contribution in [2.45, 2.75) is 25.8 Å². The van der Waals surface area contributed by atoms with Crippen molar-refractivity contribution in [1.82, 2.24) is 9.88 Å². The molecule has 1 aromatic heterocycles. The van der Waals surface area contributed by atoms with Gasteiger partial charge < -0.3 is 5.11 Å². The van der Waals surface area contributed by atoms with E-state index >= 15 is 0 Å². The van der Waals surface area contributed by atoms with Crippen molar-refractivity contribution in [3.8, 4) is 0 Å². The summed E-state index contributed by atoms with van der Waals surface area (Å²) in [5.41, 5.74) is 0.974. The Bertz CT molecular complexity index is 350. The second-order valence-corrected chi connectivity index (χ2v) is 4.35. The molecule has 1 aromatic rings. The molecule has 76 valence electrons. The third kappa shape index (κ3) is 1.59. The lowest BCUT2D eigenvalue weighted by atomic mass is 10.2. The highest BCUT2D eigenvalue weighted by molar-refractivity contribution is 7.09. The van der Waals surface area contributed by atoms with E-state index in [2.05, 4.69) is 4.98 Å². The number of carboxylic acid groups (broad SMARTS) is 1. The fourth-order valence-electron chi connectivity index (χ4n) is 1.78. The van der Waals surface area contributed by atoms with E-state index in [1.54, 1.807) is 11.3 Å². The van der Waals surface area contributed by atoms with Crippen molar-refractivity contribution in [2.75, 3.05) is 6.54 Å². The van der Waals surface area contributed by atoms with Gasteiger partial charge in [0.15, 0.2) is 0 Å². The number of hydrogen-bond donors (Lipinski definition) is 1. The Balaban J connectivity index is 2.21. The molecule has 1 aliphatic heterocycles. The molecule has 4 nitrogen and oxygen atoms in total. The molecule has 2 heterocycles. The summed E-state index contributed by atoms with van der Waals surface area (Å²) in [6.45, 7) is 2.57. The third-order valence-corrected chi connectivity index (χ3v) is 3.48. The van der Waals surface area contributed by atoms with Crippen LogP contribution in [0.5, 0.6) is 0 Å². The molecular formula is C9H12N2O2S. The molecule has 0 aliphatic carbocycles. The minimum Gasteiger partial charge on any atom is -0.465 e. The number of nitrogens with zero attached hydrogens (tertiary/aromatic N) is 2. The molecule has 14 heavy (non-hydrogen) atoms. The average Bonchev–Trinajstić information content (AvgIpc) is 2.70. The predicted molar refractivity (Wildman–Crippen MR) is 53.6 cm³/mol. The van der Waals surface area contributed by atoms with E-state index in [4.69, 9.17) is 5.11 Å². The van der Waals surface area contributed by atoms with Gasteiger partial charge in [-0.15, -0.1) is 11.3 Å². The van der Waals surface area contributed by atoms with Crippen LogP contribution in [0.3, 0.4) is 0 Å². The number of rotatable bonds is 1. The van der Waals surface area contributed by atoms with E-state index in [9.17, 15) is 4.79 Å². The van der Waals surface area contributed by atoms with Crippen LogP contribution in [0.25, 0.3) is 0 Å². The number of carbonyl (C=O) groups is 1.